The monoisotopic (exact) mass is 518 g/mol. The van der Waals surface area contributed by atoms with E-state index in [0.29, 0.717) is 18.8 Å². The number of hydrogen-bond donors (Lipinski definition) is 2. The molecule has 7 unspecified atom stereocenters. The van der Waals surface area contributed by atoms with Crippen LogP contribution in [0, 0.1) is 45.8 Å². The minimum Gasteiger partial charge on any atom is -0.481 e. The van der Waals surface area contributed by atoms with Gasteiger partial charge in [-0.2, -0.15) is 0 Å². The van der Waals surface area contributed by atoms with Gasteiger partial charge in [0.15, 0.2) is 12.1 Å². The number of carbonyl (C=O) groups excluding carboxylic acids is 1. The predicted molar refractivity (Wildman–Crippen MR) is 132 cm³/mol. The molecule has 4 aliphatic carbocycles. The van der Waals surface area contributed by atoms with E-state index in [1.54, 1.807) is 0 Å². The van der Waals surface area contributed by atoms with Gasteiger partial charge in [-0.05, 0) is 69.6 Å². The van der Waals surface area contributed by atoms with Crippen LogP contribution in [-0.4, -0.2) is 65.6 Å². The van der Waals surface area contributed by atoms with E-state index < -0.39 is 52.6 Å². The molecular formula is C29H42O8. The van der Waals surface area contributed by atoms with E-state index in [1.807, 2.05) is 34.6 Å². The molecule has 5 fully saturated rings. The topological polar surface area (TPSA) is 112 Å². The smallest absolute Gasteiger partial charge is 0.315 e. The van der Waals surface area contributed by atoms with E-state index in [-0.39, 0.29) is 36.4 Å². The summed E-state index contributed by atoms with van der Waals surface area (Å²) in [6.07, 6.45) is 2.92. The third kappa shape index (κ3) is 3.02. The van der Waals surface area contributed by atoms with Crippen molar-refractivity contribution in [1.29, 1.82) is 0 Å². The fourth-order valence-corrected chi connectivity index (χ4v) is 9.97. The predicted octanol–water partition coefficient (Wildman–Crippen LogP) is 3.55. The summed E-state index contributed by atoms with van der Waals surface area (Å²) < 4.78 is 24.5. The van der Waals surface area contributed by atoms with Gasteiger partial charge in [-0.3, -0.25) is 4.79 Å². The molecule has 2 aliphatic heterocycles. The van der Waals surface area contributed by atoms with Gasteiger partial charge in [0, 0.05) is 5.41 Å². The first-order valence-electron chi connectivity index (χ1n) is 14.1. The Morgan fingerprint density at radius 1 is 1.19 bits per heavy atom. The lowest BCUT2D eigenvalue weighted by Gasteiger charge is -2.58. The lowest BCUT2D eigenvalue weighted by atomic mass is 9.43. The average molecular weight is 519 g/mol. The number of allylic oxidation sites excluding steroid dienone is 1. The number of ether oxygens (including phenoxy) is 4. The van der Waals surface area contributed by atoms with Crippen LogP contribution in [0.4, 0.5) is 0 Å². The van der Waals surface area contributed by atoms with Gasteiger partial charge in [-0.15, -0.1) is 0 Å². The first-order chi connectivity index (χ1) is 17.3. The Balaban J connectivity index is 1.39. The molecule has 6 rings (SSSR count). The Morgan fingerprint density at radius 2 is 1.89 bits per heavy atom. The fourth-order valence-electron chi connectivity index (χ4n) is 9.97. The Labute approximate surface area is 219 Å². The highest BCUT2D eigenvalue weighted by Crippen LogP contribution is 2.82. The van der Waals surface area contributed by atoms with Gasteiger partial charge in [0.2, 0.25) is 0 Å². The minimum absolute atomic E-state index is 0.000883. The Kier molecular flexibility index (Phi) is 5.68. The van der Waals surface area contributed by atoms with E-state index in [0.717, 1.165) is 24.7 Å². The van der Waals surface area contributed by atoms with Crippen LogP contribution in [0.5, 0.6) is 0 Å². The Bertz CT molecular complexity index is 1020. The van der Waals surface area contributed by atoms with Crippen LogP contribution in [0.15, 0.2) is 11.6 Å². The first kappa shape index (κ1) is 25.9. The molecule has 206 valence electrons. The number of fused-ring (bicyclic) bond motifs is 3. The van der Waals surface area contributed by atoms with Gasteiger partial charge < -0.3 is 34.0 Å². The molecule has 8 heteroatoms. The van der Waals surface area contributed by atoms with E-state index in [9.17, 15) is 19.8 Å². The van der Waals surface area contributed by atoms with Gasteiger partial charge >= 0.3 is 5.97 Å². The second-order valence-electron chi connectivity index (χ2n) is 13.6. The van der Waals surface area contributed by atoms with Crippen LogP contribution in [0.3, 0.4) is 0 Å². The highest BCUT2D eigenvalue weighted by atomic mass is 16.8. The van der Waals surface area contributed by atoms with E-state index in [2.05, 4.69) is 13.0 Å². The van der Waals surface area contributed by atoms with Crippen LogP contribution in [0.1, 0.15) is 67.2 Å². The maximum Gasteiger partial charge on any atom is 0.315 e. The number of aldehydes is 1. The zero-order valence-electron chi connectivity index (χ0n) is 22.8. The summed E-state index contributed by atoms with van der Waals surface area (Å²) in [6, 6.07) is 0. The molecule has 37 heavy (non-hydrogen) atoms. The summed E-state index contributed by atoms with van der Waals surface area (Å²) in [6.45, 7) is 11.9. The molecule has 0 amide bonds. The van der Waals surface area contributed by atoms with Crippen LogP contribution in [0.2, 0.25) is 0 Å². The molecule has 4 bridgehead atoms. The van der Waals surface area contributed by atoms with Crippen LogP contribution in [-0.2, 0) is 28.5 Å². The molecule has 0 aromatic rings. The van der Waals surface area contributed by atoms with Crippen LogP contribution in [0.25, 0.3) is 0 Å². The summed E-state index contributed by atoms with van der Waals surface area (Å²) in [5.41, 5.74) is -2.15. The van der Waals surface area contributed by atoms with Crippen molar-refractivity contribution in [1.82, 2.24) is 0 Å². The molecule has 2 N–H and O–H groups in total. The molecule has 3 saturated carbocycles. The maximum atomic E-state index is 13.6. The molecule has 0 aromatic heterocycles. The second kappa shape index (κ2) is 8.10. The van der Waals surface area contributed by atoms with E-state index in [1.165, 1.54) is 0 Å². The standard InChI is InChI=1S/C29H42O8/c1-14(2)20-9-17-10-27(12-30)19-8-7-15(3)18(19)11-28(17,29(20,27)25(32)33)13-34-24-21(31)23-22(16(4)35-24)36-26(5,6)37-23/h9,12,14-19,21-24,31H,7-8,10-11,13H2,1-6H3,(H,32,33)/t15?,16-,17?,18?,19?,21+,22-,23+,24-,27?,28?,29?/m1/s1. The largest absolute Gasteiger partial charge is 0.481 e. The van der Waals surface area contributed by atoms with Crippen molar-refractivity contribution in [3.63, 3.8) is 0 Å². The summed E-state index contributed by atoms with van der Waals surface area (Å²) in [4.78, 5) is 26.7. The highest BCUT2D eigenvalue weighted by Gasteiger charge is 2.84. The molecule has 0 radical (unpaired) electrons. The van der Waals surface area contributed by atoms with Crippen molar-refractivity contribution >= 4 is 12.3 Å². The first-order valence-corrected chi connectivity index (χ1v) is 14.1. The Hall–Kier alpha value is -1.32. The summed E-state index contributed by atoms with van der Waals surface area (Å²) in [5, 5.41) is 22.3. The highest BCUT2D eigenvalue weighted by molar-refractivity contribution is 5.90. The van der Waals surface area contributed by atoms with Crippen molar-refractivity contribution < 1.29 is 38.7 Å². The number of aliphatic hydroxyl groups excluding tert-OH is 1. The number of carbonyl (C=O) groups is 2. The van der Waals surface area contributed by atoms with Gasteiger partial charge in [-0.25, -0.2) is 0 Å². The quantitative estimate of drug-likeness (QED) is 0.406. The van der Waals surface area contributed by atoms with Crippen molar-refractivity contribution in [2.75, 3.05) is 6.61 Å². The molecule has 0 aromatic carbocycles. The minimum atomic E-state index is -1.31. The number of aliphatic hydroxyl groups is 1. The molecule has 12 atom stereocenters. The zero-order valence-corrected chi connectivity index (χ0v) is 22.8. The molecular weight excluding hydrogens is 476 g/mol. The number of carboxylic acids is 1. The summed E-state index contributed by atoms with van der Waals surface area (Å²) in [7, 11) is 0. The van der Waals surface area contributed by atoms with Crippen molar-refractivity contribution in [3.05, 3.63) is 11.6 Å². The normalized spacial score (nSPS) is 53.2. The molecule has 8 nitrogen and oxygen atoms in total. The lowest BCUT2D eigenvalue weighted by Crippen LogP contribution is -2.64. The summed E-state index contributed by atoms with van der Waals surface area (Å²) >= 11 is 0. The van der Waals surface area contributed by atoms with Gasteiger partial charge in [-0.1, -0.05) is 38.8 Å². The summed E-state index contributed by atoms with van der Waals surface area (Å²) in [5.74, 6) is -1.04. The molecule has 6 aliphatic rings. The SMILES string of the molecule is CC(C)C1=CC2CC3(C=O)C4CCC(C)C4CC2(CO[C@@H]2O[C@H](C)[C@H]4OC(C)(C)O[C@H]4[C@@H]2O)C13C(=O)O. The van der Waals surface area contributed by atoms with E-state index in [4.69, 9.17) is 18.9 Å². The molecule has 2 heterocycles. The average Bonchev–Trinajstić information content (AvgIpc) is 3.50. The lowest BCUT2D eigenvalue weighted by molar-refractivity contribution is -0.287. The number of rotatable bonds is 6. The van der Waals surface area contributed by atoms with Crippen LogP contribution >= 0.6 is 0 Å². The van der Waals surface area contributed by atoms with Gasteiger partial charge in [0.05, 0.1) is 18.1 Å². The number of hydrogen-bond acceptors (Lipinski definition) is 7. The molecule has 2 saturated heterocycles. The van der Waals surface area contributed by atoms with Gasteiger partial charge in [0.25, 0.3) is 0 Å². The third-order valence-electron chi connectivity index (χ3n) is 11.2. The third-order valence-corrected chi connectivity index (χ3v) is 11.2. The van der Waals surface area contributed by atoms with E-state index >= 15 is 0 Å². The number of carboxylic acid groups (broad SMARTS) is 1. The van der Waals surface area contributed by atoms with Crippen LogP contribution < -0.4 is 0 Å². The number of aliphatic carboxylic acids is 1. The maximum absolute atomic E-state index is 13.6. The zero-order chi connectivity index (χ0) is 26.7. The van der Waals surface area contributed by atoms with Crippen molar-refractivity contribution in [2.45, 2.75) is 104 Å². The molecule has 0 spiro atoms. The Morgan fingerprint density at radius 3 is 2.54 bits per heavy atom. The fraction of sp³-hybridized carbons (Fsp3) is 0.862. The van der Waals surface area contributed by atoms with Crippen molar-refractivity contribution in [2.24, 2.45) is 45.8 Å². The van der Waals surface area contributed by atoms with Crippen molar-refractivity contribution in [3.8, 4) is 0 Å². The van der Waals surface area contributed by atoms with Gasteiger partial charge in [0.1, 0.15) is 30.0 Å². The second-order valence-corrected chi connectivity index (χ2v) is 13.6.